The lowest BCUT2D eigenvalue weighted by Crippen LogP contribution is -2.60. The first-order valence-electron chi connectivity index (χ1n) is 6.10. The van der Waals surface area contributed by atoms with Gasteiger partial charge in [0, 0.05) is 5.70 Å². The predicted octanol–water partition coefficient (Wildman–Crippen LogP) is -1.79. The third kappa shape index (κ3) is 1.07. The molecular weight excluding hydrogens is 244 g/mol. The fraction of sp³-hybridized carbons (Fsp3) is 0.231. The number of allylic oxidation sites excluding steroid dienone is 2. The predicted molar refractivity (Wildman–Crippen MR) is 68.2 cm³/mol. The average Bonchev–Trinajstić information content (AvgIpc) is 2.91. The molecule has 1 aromatic rings. The molecule has 4 heterocycles. The first-order chi connectivity index (χ1) is 9.09. The molecule has 1 fully saturated rings. The van der Waals surface area contributed by atoms with Gasteiger partial charge in [-0.15, -0.1) is 0 Å². The standard InChI is InChI=1S/C13H12N4O2/c1-6-5-7(2)16-11-10(12(18)14-15-13(11)19)9-4-3-8(6)17(9)16/h3-5,11H,1-2H3,(H,14,18)(H,15,19). The number of hydrazine groups is 1. The minimum atomic E-state index is -0.576. The fourth-order valence-electron chi connectivity index (χ4n) is 3.09. The van der Waals surface area contributed by atoms with Crippen LogP contribution in [0.5, 0.6) is 0 Å². The monoisotopic (exact) mass is 256 g/mol. The van der Waals surface area contributed by atoms with Crippen molar-refractivity contribution in [1.82, 2.24) is 15.5 Å². The van der Waals surface area contributed by atoms with E-state index in [0.29, 0.717) is 5.57 Å². The number of aromatic nitrogens is 1. The quantitative estimate of drug-likeness (QED) is 0.576. The van der Waals surface area contributed by atoms with Gasteiger partial charge in [0.05, 0.1) is 16.3 Å². The summed E-state index contributed by atoms with van der Waals surface area (Å²) in [5.41, 5.74) is 7.41. The number of nitrogens with one attached hydrogen (secondary N) is 2. The second-order valence-corrected chi connectivity index (χ2v) is 4.99. The van der Waals surface area contributed by atoms with Gasteiger partial charge in [-0.05, 0) is 37.6 Å². The van der Waals surface area contributed by atoms with E-state index in [4.69, 9.17) is 0 Å². The number of amides is 2. The van der Waals surface area contributed by atoms with E-state index in [2.05, 4.69) is 10.9 Å². The van der Waals surface area contributed by atoms with Crippen molar-refractivity contribution >= 4 is 23.0 Å². The van der Waals surface area contributed by atoms with E-state index in [1.54, 1.807) is 0 Å². The van der Waals surface area contributed by atoms with Gasteiger partial charge in [-0.1, -0.05) is 0 Å². The molecule has 6 nitrogen and oxygen atoms in total. The molecule has 0 bridgehead atoms. The maximum atomic E-state index is 12.1. The largest absolute Gasteiger partial charge is 0.270 e. The highest BCUT2D eigenvalue weighted by Crippen LogP contribution is 2.23. The SMILES string of the molecule is CC1=CC(C)=c2ccc3n2N1C1C(=O)NNC(=O)C=31. The topological polar surface area (TPSA) is 66.4 Å². The van der Waals surface area contributed by atoms with Gasteiger partial charge in [0.2, 0.25) is 0 Å². The summed E-state index contributed by atoms with van der Waals surface area (Å²) in [7, 11) is 0. The van der Waals surface area contributed by atoms with E-state index >= 15 is 0 Å². The van der Waals surface area contributed by atoms with Crippen molar-refractivity contribution in [1.29, 1.82) is 0 Å². The van der Waals surface area contributed by atoms with Gasteiger partial charge < -0.3 is 0 Å². The lowest BCUT2D eigenvalue weighted by atomic mass is 10.0. The highest BCUT2D eigenvalue weighted by molar-refractivity contribution is 6.24. The normalized spacial score (nSPS) is 23.8. The zero-order chi connectivity index (χ0) is 13.3. The summed E-state index contributed by atoms with van der Waals surface area (Å²) < 4.78 is 1.95. The molecule has 3 aliphatic heterocycles. The molecule has 4 rings (SSSR count). The summed E-state index contributed by atoms with van der Waals surface area (Å²) in [6.45, 7) is 3.97. The van der Waals surface area contributed by atoms with E-state index in [1.807, 2.05) is 41.7 Å². The molecule has 0 aliphatic carbocycles. The van der Waals surface area contributed by atoms with Crippen LogP contribution >= 0.6 is 0 Å². The van der Waals surface area contributed by atoms with E-state index in [1.165, 1.54) is 0 Å². The van der Waals surface area contributed by atoms with Gasteiger partial charge in [0.15, 0.2) is 6.04 Å². The van der Waals surface area contributed by atoms with Crippen LogP contribution in [0.4, 0.5) is 0 Å². The van der Waals surface area contributed by atoms with Crippen molar-refractivity contribution < 1.29 is 9.59 Å². The van der Waals surface area contributed by atoms with E-state index in [0.717, 1.165) is 22.0 Å². The number of rotatable bonds is 0. The number of carbonyl (C=O) groups is 2. The summed E-state index contributed by atoms with van der Waals surface area (Å²) in [5.74, 6) is -0.457. The second-order valence-electron chi connectivity index (χ2n) is 4.99. The van der Waals surface area contributed by atoms with Gasteiger partial charge in [0.1, 0.15) is 0 Å². The minimum absolute atomic E-state index is 0.212. The molecule has 1 unspecified atom stereocenters. The van der Waals surface area contributed by atoms with E-state index < -0.39 is 6.04 Å². The van der Waals surface area contributed by atoms with Crippen molar-refractivity contribution in [2.45, 2.75) is 19.9 Å². The third-order valence-corrected chi connectivity index (χ3v) is 3.85. The Morgan fingerprint density at radius 3 is 2.63 bits per heavy atom. The molecule has 1 atom stereocenters. The van der Waals surface area contributed by atoms with E-state index in [9.17, 15) is 9.59 Å². The van der Waals surface area contributed by atoms with Crippen LogP contribution < -0.4 is 26.6 Å². The van der Waals surface area contributed by atoms with Crippen molar-refractivity contribution in [2.75, 3.05) is 5.01 Å². The van der Waals surface area contributed by atoms with Crippen molar-refractivity contribution in [3.05, 3.63) is 34.6 Å². The molecule has 2 N–H and O–H groups in total. The van der Waals surface area contributed by atoms with Gasteiger partial charge in [-0.3, -0.25) is 30.1 Å². The first kappa shape index (κ1) is 10.4. The molecular formula is C13H12N4O2. The van der Waals surface area contributed by atoms with Crippen LogP contribution in [0.25, 0.3) is 11.1 Å². The molecule has 96 valence electrons. The van der Waals surface area contributed by atoms with Gasteiger partial charge in [-0.2, -0.15) is 0 Å². The Morgan fingerprint density at radius 1 is 1.11 bits per heavy atom. The Bertz CT molecular complexity index is 799. The Morgan fingerprint density at radius 2 is 1.84 bits per heavy atom. The maximum absolute atomic E-state index is 12.1. The van der Waals surface area contributed by atoms with Crippen LogP contribution in [0.2, 0.25) is 0 Å². The second kappa shape index (κ2) is 3.09. The van der Waals surface area contributed by atoms with Crippen molar-refractivity contribution in [3.63, 3.8) is 0 Å². The number of carbonyl (C=O) groups excluding carboxylic acids is 2. The smallest absolute Gasteiger partial charge is 0.270 e. The maximum Gasteiger partial charge on any atom is 0.270 e. The van der Waals surface area contributed by atoms with Crippen LogP contribution in [0.3, 0.4) is 0 Å². The van der Waals surface area contributed by atoms with Crippen LogP contribution in [0.15, 0.2) is 23.9 Å². The summed E-state index contributed by atoms with van der Waals surface area (Å²) >= 11 is 0. The lowest BCUT2D eigenvalue weighted by molar-refractivity contribution is -0.129. The van der Waals surface area contributed by atoms with Crippen LogP contribution in [-0.4, -0.2) is 22.5 Å². The molecule has 2 amide bonds. The number of fused-ring (bicyclic) bond motifs is 2. The Kier molecular flexibility index (Phi) is 1.69. The van der Waals surface area contributed by atoms with Gasteiger partial charge in [-0.25, -0.2) is 0 Å². The Hall–Kier alpha value is -2.50. The molecule has 0 radical (unpaired) electrons. The summed E-state index contributed by atoms with van der Waals surface area (Å²) in [4.78, 5) is 24.1. The van der Waals surface area contributed by atoms with E-state index in [-0.39, 0.29) is 11.8 Å². The fourth-order valence-corrected chi connectivity index (χ4v) is 3.09. The van der Waals surface area contributed by atoms with Gasteiger partial charge >= 0.3 is 0 Å². The van der Waals surface area contributed by atoms with Gasteiger partial charge in [0.25, 0.3) is 11.8 Å². The summed E-state index contributed by atoms with van der Waals surface area (Å²) in [6, 6.07) is 3.29. The summed E-state index contributed by atoms with van der Waals surface area (Å²) in [5, 5.41) is 3.68. The highest BCUT2D eigenvalue weighted by Gasteiger charge is 2.44. The number of nitrogens with zero attached hydrogens (tertiary/aromatic N) is 2. The van der Waals surface area contributed by atoms with Crippen LogP contribution in [-0.2, 0) is 9.59 Å². The van der Waals surface area contributed by atoms with Crippen molar-refractivity contribution in [2.24, 2.45) is 0 Å². The minimum Gasteiger partial charge on any atom is -0.270 e. The lowest BCUT2D eigenvalue weighted by Gasteiger charge is -2.34. The zero-order valence-corrected chi connectivity index (χ0v) is 10.5. The number of hydrogen-bond acceptors (Lipinski definition) is 3. The summed E-state index contributed by atoms with van der Waals surface area (Å²) in [6.07, 6.45) is 2.03. The molecule has 6 heteroatoms. The average molecular weight is 256 g/mol. The molecule has 1 saturated heterocycles. The highest BCUT2D eigenvalue weighted by atomic mass is 16.2. The molecule has 0 aromatic carbocycles. The molecule has 19 heavy (non-hydrogen) atoms. The zero-order valence-electron chi connectivity index (χ0n) is 10.5. The Labute approximate surface area is 108 Å². The van der Waals surface area contributed by atoms with Crippen LogP contribution in [0.1, 0.15) is 13.8 Å². The molecule has 0 spiro atoms. The first-order valence-corrected chi connectivity index (χ1v) is 6.10. The molecule has 0 saturated carbocycles. The van der Waals surface area contributed by atoms with Crippen LogP contribution in [0, 0.1) is 0 Å². The molecule has 3 aliphatic rings. The number of hydrogen-bond donors (Lipinski definition) is 2. The third-order valence-electron chi connectivity index (χ3n) is 3.85. The molecule has 1 aromatic heterocycles. The Balaban J connectivity index is 2.14. The van der Waals surface area contributed by atoms with Crippen molar-refractivity contribution in [3.8, 4) is 0 Å².